The van der Waals surface area contributed by atoms with Crippen molar-refractivity contribution in [2.45, 2.75) is 32.6 Å². The number of hydrogen-bond acceptors (Lipinski definition) is 2. The van der Waals surface area contributed by atoms with E-state index in [4.69, 9.17) is 4.99 Å². The van der Waals surface area contributed by atoms with Crippen LogP contribution in [0.2, 0.25) is 0 Å². The van der Waals surface area contributed by atoms with E-state index < -0.39 is 0 Å². The minimum Gasteiger partial charge on any atom is -0.298 e. The number of aliphatic imine (C=N–C) groups is 1. The van der Waals surface area contributed by atoms with Crippen LogP contribution < -0.4 is 0 Å². The van der Waals surface area contributed by atoms with E-state index in [0.717, 1.165) is 80.6 Å². The van der Waals surface area contributed by atoms with E-state index in [1.54, 1.807) is 0 Å². The molecule has 49 heavy (non-hydrogen) atoms. The van der Waals surface area contributed by atoms with Gasteiger partial charge in [0.05, 0.1) is 17.3 Å². The van der Waals surface area contributed by atoms with Crippen molar-refractivity contribution in [3.8, 4) is 11.1 Å². The van der Waals surface area contributed by atoms with Crippen LogP contribution in [0.15, 0.2) is 156 Å². The summed E-state index contributed by atoms with van der Waals surface area (Å²) in [4.78, 5) is 18.3. The Morgan fingerprint density at radius 2 is 1.37 bits per heavy atom. The third kappa shape index (κ3) is 5.60. The molecule has 1 aliphatic carbocycles. The zero-order chi connectivity index (χ0) is 33.3. The van der Waals surface area contributed by atoms with Crippen molar-refractivity contribution in [1.82, 2.24) is 0 Å². The Kier molecular flexibility index (Phi) is 8.07. The minimum atomic E-state index is 0.0995. The molecule has 0 saturated carbocycles. The molecule has 0 spiro atoms. The Hall–Kier alpha value is -5.86. The van der Waals surface area contributed by atoms with Crippen LogP contribution in [0.3, 0.4) is 0 Å². The second-order valence-electron chi connectivity index (χ2n) is 13.0. The molecule has 0 N–H and O–H groups in total. The number of carbonyl (C=O) groups excluding carboxylic acids is 1. The van der Waals surface area contributed by atoms with E-state index in [1.165, 1.54) is 27.8 Å². The van der Waals surface area contributed by atoms with Gasteiger partial charge in [-0.3, -0.25) is 9.79 Å². The van der Waals surface area contributed by atoms with Crippen LogP contribution in [-0.2, 0) is 11.2 Å². The molecule has 1 heterocycles. The van der Waals surface area contributed by atoms with Crippen molar-refractivity contribution in [2.24, 2.45) is 4.99 Å². The molecule has 0 radical (unpaired) electrons. The third-order valence-electron chi connectivity index (χ3n) is 10.1. The first kappa shape index (κ1) is 30.5. The average Bonchev–Trinajstić information content (AvgIpc) is 3.55. The second kappa shape index (κ2) is 13.0. The molecule has 0 fully saturated rings. The summed E-state index contributed by atoms with van der Waals surface area (Å²) in [6, 6.07) is 51.4. The first-order valence-corrected chi connectivity index (χ1v) is 17.1. The summed E-state index contributed by atoms with van der Waals surface area (Å²) in [5, 5.41) is 0. The molecule has 0 amide bonds. The van der Waals surface area contributed by atoms with Gasteiger partial charge in [0.25, 0.3) is 0 Å². The second-order valence-corrected chi connectivity index (χ2v) is 13.0. The maximum Gasteiger partial charge on any atom is 0.151 e. The SMILES string of the molecule is CC/C1=C/c2cccc(c2C)/C(c2ccccc2)=C(/C=O)c2ccc(-c3ccc(C4=Nc5ccccc5C4c4ccccc4)cc3)cc2C1. The molecule has 0 saturated heterocycles. The lowest BCUT2D eigenvalue weighted by molar-refractivity contribution is -0.103. The Morgan fingerprint density at radius 3 is 2.12 bits per heavy atom. The lowest BCUT2D eigenvalue weighted by Crippen LogP contribution is -2.11. The summed E-state index contributed by atoms with van der Waals surface area (Å²) in [6.45, 7) is 4.39. The number of nitrogens with zero attached hydrogens (tertiary/aromatic N) is 1. The van der Waals surface area contributed by atoms with Crippen molar-refractivity contribution < 1.29 is 4.79 Å². The fraction of sp³-hybridized carbons (Fsp3) is 0.106. The fourth-order valence-corrected chi connectivity index (χ4v) is 7.55. The Labute approximate surface area is 288 Å². The first-order chi connectivity index (χ1) is 24.1. The Balaban J connectivity index is 1.23. The molecule has 6 aromatic carbocycles. The van der Waals surface area contributed by atoms with Crippen LogP contribution in [0.25, 0.3) is 28.3 Å². The van der Waals surface area contributed by atoms with Crippen LogP contribution in [0, 0.1) is 6.92 Å². The molecule has 2 heteroatoms. The molecule has 6 aromatic rings. The van der Waals surface area contributed by atoms with Gasteiger partial charge in [0.1, 0.15) is 0 Å². The van der Waals surface area contributed by atoms with Crippen molar-refractivity contribution in [1.29, 1.82) is 0 Å². The van der Waals surface area contributed by atoms with E-state index >= 15 is 0 Å². The highest BCUT2D eigenvalue weighted by molar-refractivity contribution is 6.21. The molecule has 1 unspecified atom stereocenters. The van der Waals surface area contributed by atoms with Gasteiger partial charge in [0.15, 0.2) is 6.29 Å². The number of para-hydroxylation sites is 1. The van der Waals surface area contributed by atoms with Crippen molar-refractivity contribution in [2.75, 3.05) is 0 Å². The van der Waals surface area contributed by atoms with Gasteiger partial charge in [-0.1, -0.05) is 158 Å². The molecule has 2 bridgehead atoms. The van der Waals surface area contributed by atoms with Gasteiger partial charge >= 0.3 is 0 Å². The first-order valence-electron chi connectivity index (χ1n) is 17.1. The van der Waals surface area contributed by atoms with Crippen LogP contribution in [0.1, 0.15) is 69.3 Å². The predicted molar refractivity (Wildman–Crippen MR) is 204 cm³/mol. The van der Waals surface area contributed by atoms with Crippen LogP contribution in [0.4, 0.5) is 5.69 Å². The molecule has 2 nitrogen and oxygen atoms in total. The number of aldehydes is 1. The largest absolute Gasteiger partial charge is 0.298 e. The van der Waals surface area contributed by atoms with Gasteiger partial charge in [-0.25, -0.2) is 0 Å². The van der Waals surface area contributed by atoms with Gasteiger partial charge < -0.3 is 0 Å². The Morgan fingerprint density at radius 1 is 0.673 bits per heavy atom. The van der Waals surface area contributed by atoms with E-state index in [2.05, 4.69) is 147 Å². The summed E-state index contributed by atoms with van der Waals surface area (Å²) in [7, 11) is 0. The van der Waals surface area contributed by atoms with E-state index in [1.807, 2.05) is 18.2 Å². The summed E-state index contributed by atoms with van der Waals surface area (Å²) in [6.07, 6.45) is 5.11. The van der Waals surface area contributed by atoms with Gasteiger partial charge in [0, 0.05) is 11.1 Å². The predicted octanol–water partition coefficient (Wildman–Crippen LogP) is 11.4. The lowest BCUT2D eigenvalue weighted by Gasteiger charge is -2.22. The summed E-state index contributed by atoms with van der Waals surface area (Å²) < 4.78 is 0. The van der Waals surface area contributed by atoms with Gasteiger partial charge in [-0.05, 0) is 87.0 Å². The fourth-order valence-electron chi connectivity index (χ4n) is 7.55. The van der Waals surface area contributed by atoms with Crippen molar-refractivity contribution >= 4 is 34.9 Å². The molecular formula is C47H37NO. The lowest BCUT2D eigenvalue weighted by atomic mass is 9.82. The maximum absolute atomic E-state index is 13.2. The van der Waals surface area contributed by atoms with Crippen molar-refractivity contribution in [3.05, 3.63) is 201 Å². The summed E-state index contributed by atoms with van der Waals surface area (Å²) >= 11 is 0. The molecule has 236 valence electrons. The minimum absolute atomic E-state index is 0.0995. The van der Waals surface area contributed by atoms with E-state index in [0.29, 0.717) is 0 Å². The van der Waals surface area contributed by atoms with Crippen molar-refractivity contribution in [3.63, 3.8) is 0 Å². The van der Waals surface area contributed by atoms with Crippen LogP contribution >= 0.6 is 0 Å². The topological polar surface area (TPSA) is 29.4 Å². The monoisotopic (exact) mass is 631 g/mol. The molecule has 2 aliphatic rings. The van der Waals surface area contributed by atoms with Gasteiger partial charge in [-0.2, -0.15) is 0 Å². The van der Waals surface area contributed by atoms with Gasteiger partial charge in [0.2, 0.25) is 0 Å². The molecule has 0 aromatic heterocycles. The van der Waals surface area contributed by atoms with E-state index in [-0.39, 0.29) is 5.92 Å². The number of fused-ring (bicyclic) bond motifs is 4. The number of allylic oxidation sites excluding steroid dienone is 2. The quantitative estimate of drug-likeness (QED) is 0.168. The number of carbonyl (C=O) groups is 1. The van der Waals surface area contributed by atoms with Crippen LogP contribution in [0.5, 0.6) is 0 Å². The highest BCUT2D eigenvalue weighted by Gasteiger charge is 2.29. The summed E-state index contributed by atoms with van der Waals surface area (Å²) in [5.74, 6) is 0.0995. The average molecular weight is 632 g/mol. The highest BCUT2D eigenvalue weighted by atomic mass is 16.1. The smallest absolute Gasteiger partial charge is 0.151 e. The molecule has 8 rings (SSSR count). The summed E-state index contributed by atoms with van der Waals surface area (Å²) in [5.41, 5.74) is 17.7. The van der Waals surface area contributed by atoms with Gasteiger partial charge in [-0.15, -0.1) is 0 Å². The number of benzene rings is 6. The zero-order valence-corrected chi connectivity index (χ0v) is 27.9. The number of rotatable bonds is 6. The standard InChI is InChI=1S/C47H37NO/c1-3-32-27-37-17-12-19-40(31(37)2)45(34-13-6-4-7-14-34)43(30-49)41-26-25-38(29-39(41)28-32)33-21-23-36(24-22-33)47-46(35-15-8-5-9-16-35)42-18-10-11-20-44(42)48-47/h4-27,29-30,46H,3,28H2,1-2H3/b32-27-,45-43-. The van der Waals surface area contributed by atoms with E-state index in [9.17, 15) is 4.79 Å². The third-order valence-corrected chi connectivity index (χ3v) is 10.1. The molecule has 1 aliphatic heterocycles. The van der Waals surface area contributed by atoms with Crippen LogP contribution in [-0.4, -0.2) is 12.0 Å². The maximum atomic E-state index is 13.2. The Bertz CT molecular complexity index is 2290. The zero-order valence-electron chi connectivity index (χ0n) is 27.9. The molecular weight excluding hydrogens is 595 g/mol. The highest BCUT2D eigenvalue weighted by Crippen LogP contribution is 2.42. The number of hydrogen-bond donors (Lipinski definition) is 0. The normalized spacial score (nSPS) is 17.7. The molecule has 1 atom stereocenters.